The first-order valence-corrected chi connectivity index (χ1v) is 14.5. The highest BCUT2D eigenvalue weighted by Crippen LogP contribution is 2.71. The molecule has 5 aliphatic rings. The molecule has 5 rings (SSSR count). The van der Waals surface area contributed by atoms with E-state index in [4.69, 9.17) is 13.7 Å². The Balaban J connectivity index is 1.56. The Bertz CT molecular complexity index is 1060. The average Bonchev–Trinajstić information content (AvgIpc) is 3.03. The van der Waals surface area contributed by atoms with Crippen LogP contribution in [-0.2, 0) is 38.2 Å². The maximum Gasteiger partial charge on any atom is 0.302 e. The summed E-state index contributed by atoms with van der Waals surface area (Å²) < 4.78 is 41.5. The number of hydrogen-bond acceptors (Lipinski definition) is 9. The molecule has 35 heavy (non-hydrogen) atoms. The van der Waals surface area contributed by atoms with Gasteiger partial charge < -0.3 is 14.6 Å². The summed E-state index contributed by atoms with van der Waals surface area (Å²) in [6.07, 6.45) is 5.38. The van der Waals surface area contributed by atoms with Gasteiger partial charge in [-0.3, -0.25) is 18.6 Å². The Morgan fingerprint density at radius 1 is 1.09 bits per heavy atom. The van der Waals surface area contributed by atoms with E-state index in [1.807, 2.05) is 0 Å². The van der Waals surface area contributed by atoms with Crippen molar-refractivity contribution >= 4 is 27.7 Å². The molecule has 1 saturated heterocycles. The number of Topliss-reactive ketones (excluding diaryl/α,β-unsaturated/α-hetero) is 2. The van der Waals surface area contributed by atoms with Crippen LogP contribution in [0, 0.1) is 28.6 Å². The largest absolute Gasteiger partial charge is 0.462 e. The summed E-state index contributed by atoms with van der Waals surface area (Å²) in [7, 11) is -3.76. The Morgan fingerprint density at radius 2 is 1.80 bits per heavy atom. The number of ketones is 2. The predicted octanol–water partition coefficient (Wildman–Crippen LogP) is 1.94. The standard InChI is InChI=1S/C25H36O9S/c1-15(26)34-16-4-9-23(14-33-35(3,30)31)17-5-8-22(2)19-7-11-25(22,32-13-20(27)21(19)28)18(17)6-10-24(23,29)12-16/h16-19,29H,4-14H2,1-3H3/t16-,17+,18-,19-,22+,23-,24+,25-/m0/s1. The second kappa shape index (κ2) is 8.07. The lowest BCUT2D eigenvalue weighted by molar-refractivity contribution is -0.275. The van der Waals surface area contributed by atoms with E-state index in [9.17, 15) is 27.9 Å². The molecule has 4 saturated carbocycles. The van der Waals surface area contributed by atoms with Crippen LogP contribution in [-0.4, -0.2) is 67.8 Å². The second-order valence-electron chi connectivity index (χ2n) is 11.9. The van der Waals surface area contributed by atoms with Crippen LogP contribution in [0.25, 0.3) is 0 Å². The Labute approximate surface area is 206 Å². The number of hydrogen-bond donors (Lipinski definition) is 1. The van der Waals surface area contributed by atoms with Crippen LogP contribution in [0.4, 0.5) is 0 Å². The van der Waals surface area contributed by atoms with Crippen LogP contribution in [0.5, 0.6) is 0 Å². The van der Waals surface area contributed by atoms with Crippen LogP contribution < -0.4 is 0 Å². The fourth-order valence-electron chi connectivity index (χ4n) is 9.02. The maximum atomic E-state index is 12.9. The molecule has 10 heteroatoms. The molecule has 0 unspecified atom stereocenters. The highest BCUT2D eigenvalue weighted by Gasteiger charge is 2.73. The van der Waals surface area contributed by atoms with Crippen molar-refractivity contribution in [2.45, 2.75) is 88.9 Å². The van der Waals surface area contributed by atoms with E-state index in [1.165, 1.54) is 6.92 Å². The van der Waals surface area contributed by atoms with Crippen molar-refractivity contribution in [3.8, 4) is 0 Å². The van der Waals surface area contributed by atoms with Crippen molar-refractivity contribution in [1.29, 1.82) is 0 Å². The number of aliphatic hydroxyl groups is 1. The Morgan fingerprint density at radius 3 is 2.49 bits per heavy atom. The van der Waals surface area contributed by atoms with E-state index < -0.39 is 50.0 Å². The van der Waals surface area contributed by atoms with E-state index >= 15 is 0 Å². The lowest BCUT2D eigenvalue weighted by Gasteiger charge is -2.67. The molecule has 0 radical (unpaired) electrons. The van der Waals surface area contributed by atoms with E-state index in [0.29, 0.717) is 51.4 Å². The third-order valence-corrected chi connectivity index (χ3v) is 11.0. The third-order valence-electron chi connectivity index (χ3n) is 10.5. The second-order valence-corrected chi connectivity index (χ2v) is 13.5. The molecule has 9 nitrogen and oxygen atoms in total. The zero-order valence-electron chi connectivity index (χ0n) is 20.7. The molecule has 0 aromatic heterocycles. The smallest absolute Gasteiger partial charge is 0.302 e. The van der Waals surface area contributed by atoms with Gasteiger partial charge in [-0.1, -0.05) is 6.92 Å². The number of rotatable bonds is 4. The van der Waals surface area contributed by atoms with Crippen molar-refractivity contribution in [3.05, 3.63) is 0 Å². The number of esters is 1. The highest BCUT2D eigenvalue weighted by molar-refractivity contribution is 7.85. The molecule has 1 N–H and O–H groups in total. The van der Waals surface area contributed by atoms with Crippen LogP contribution in [0.15, 0.2) is 0 Å². The summed E-state index contributed by atoms with van der Waals surface area (Å²) in [4.78, 5) is 37.0. The maximum absolute atomic E-state index is 12.9. The molecule has 1 heterocycles. The Hall–Kier alpha value is -1.36. The summed E-state index contributed by atoms with van der Waals surface area (Å²) in [5, 5.41) is 12.1. The molecule has 0 aromatic carbocycles. The normalized spacial score (nSPS) is 47.3. The van der Waals surface area contributed by atoms with Crippen LogP contribution in [0.2, 0.25) is 0 Å². The molecule has 0 aromatic rings. The van der Waals surface area contributed by atoms with Gasteiger partial charge in [-0.15, -0.1) is 0 Å². The summed E-state index contributed by atoms with van der Waals surface area (Å²) in [5.74, 6) is -1.71. The quantitative estimate of drug-likeness (QED) is 0.341. The topological polar surface area (TPSA) is 133 Å². The number of carbonyl (C=O) groups excluding carboxylic acids is 3. The summed E-state index contributed by atoms with van der Waals surface area (Å²) in [5.41, 5.74) is -3.28. The lowest BCUT2D eigenvalue weighted by Crippen LogP contribution is -2.70. The summed E-state index contributed by atoms with van der Waals surface area (Å²) in [6, 6.07) is 0. The highest BCUT2D eigenvalue weighted by atomic mass is 32.2. The van der Waals surface area contributed by atoms with Gasteiger partial charge in [0.05, 0.1) is 24.1 Å². The first-order chi connectivity index (χ1) is 16.3. The zero-order chi connectivity index (χ0) is 25.4. The fraction of sp³-hybridized carbons (Fsp3) is 0.880. The fourth-order valence-corrected chi connectivity index (χ4v) is 9.45. The molecule has 4 aliphatic carbocycles. The van der Waals surface area contributed by atoms with Crippen molar-refractivity contribution in [2.24, 2.45) is 28.6 Å². The lowest BCUT2D eigenvalue weighted by atomic mass is 9.41. The molecular weight excluding hydrogens is 476 g/mol. The van der Waals surface area contributed by atoms with Crippen molar-refractivity contribution in [2.75, 3.05) is 19.5 Å². The van der Waals surface area contributed by atoms with E-state index in [-0.39, 0.29) is 43.2 Å². The molecule has 8 atom stereocenters. The number of carbonyl (C=O) groups is 3. The predicted molar refractivity (Wildman–Crippen MR) is 123 cm³/mol. The zero-order valence-corrected chi connectivity index (χ0v) is 21.5. The molecule has 0 spiro atoms. The van der Waals surface area contributed by atoms with Gasteiger partial charge in [0.2, 0.25) is 11.6 Å². The van der Waals surface area contributed by atoms with Crippen molar-refractivity contribution in [1.82, 2.24) is 0 Å². The van der Waals surface area contributed by atoms with E-state index in [1.54, 1.807) is 0 Å². The third kappa shape index (κ3) is 3.57. The summed E-state index contributed by atoms with van der Waals surface area (Å²) >= 11 is 0. The number of fused-ring (bicyclic) bond motifs is 3. The minimum absolute atomic E-state index is 0.0429. The average molecular weight is 513 g/mol. The van der Waals surface area contributed by atoms with Gasteiger partial charge in [-0.05, 0) is 63.2 Å². The van der Waals surface area contributed by atoms with Crippen molar-refractivity contribution in [3.63, 3.8) is 0 Å². The van der Waals surface area contributed by atoms with Gasteiger partial charge in [-0.2, -0.15) is 8.42 Å². The SMILES string of the molecule is CC(=O)O[C@H]1CC[C@]2(COS(C)(=O)=O)[C@@H]3CC[C@]4(C)[C@H]5CC[C@]4(OCC(=O)C5=O)[C@H]3CC[C@@]2(O)C1. The van der Waals surface area contributed by atoms with Gasteiger partial charge >= 0.3 is 5.97 Å². The minimum atomic E-state index is -3.76. The van der Waals surface area contributed by atoms with Gasteiger partial charge in [0, 0.05) is 30.1 Å². The summed E-state index contributed by atoms with van der Waals surface area (Å²) in [6.45, 7) is 3.05. The van der Waals surface area contributed by atoms with E-state index in [0.717, 1.165) is 6.26 Å². The molecule has 0 amide bonds. The monoisotopic (exact) mass is 512 g/mol. The molecule has 1 aliphatic heterocycles. The molecule has 196 valence electrons. The van der Waals surface area contributed by atoms with Crippen LogP contribution in [0.1, 0.15) is 71.6 Å². The Kier molecular flexibility index (Phi) is 5.83. The first-order valence-electron chi connectivity index (χ1n) is 12.7. The molecular formula is C25H36O9S. The van der Waals surface area contributed by atoms with Crippen LogP contribution >= 0.6 is 0 Å². The first kappa shape index (κ1) is 25.3. The van der Waals surface area contributed by atoms with E-state index in [2.05, 4.69) is 6.92 Å². The number of ether oxygens (including phenoxy) is 2. The minimum Gasteiger partial charge on any atom is -0.462 e. The van der Waals surface area contributed by atoms with Gasteiger partial charge in [0.25, 0.3) is 10.1 Å². The van der Waals surface area contributed by atoms with Crippen molar-refractivity contribution < 1.29 is 41.6 Å². The van der Waals surface area contributed by atoms with Gasteiger partial charge in [0.1, 0.15) is 12.7 Å². The van der Waals surface area contributed by atoms with Gasteiger partial charge in [0.15, 0.2) is 0 Å². The van der Waals surface area contributed by atoms with Crippen LogP contribution in [0.3, 0.4) is 0 Å². The molecule has 2 bridgehead atoms. The molecule has 5 fully saturated rings. The van der Waals surface area contributed by atoms with Gasteiger partial charge in [-0.25, -0.2) is 0 Å².